The highest BCUT2D eigenvalue weighted by Gasteiger charge is 2.34. The fourth-order valence-electron chi connectivity index (χ4n) is 4.68. The van der Waals surface area contributed by atoms with Crippen LogP contribution in [0.3, 0.4) is 0 Å². The zero-order chi connectivity index (χ0) is 21.7. The third-order valence-electron chi connectivity index (χ3n) is 6.33. The molecule has 1 N–H and O–H groups in total. The number of hydrogen-bond donors (Lipinski definition) is 1. The molecule has 0 radical (unpaired) electrons. The van der Waals surface area contributed by atoms with Crippen LogP contribution in [0.15, 0.2) is 9.42 Å². The van der Waals surface area contributed by atoms with Crippen LogP contribution in [0.4, 0.5) is 0 Å². The standard InChI is InChI=1S/C21H36N4O4S/c1-16-6-4-10-24(15-16)11-5-9-22-20(26)14-19-7-12-25(13-8-19)30(27,28)21-17(2)23-29-18(21)3/h16,19H,4-15H2,1-3H3,(H,22,26)/t16-/m0/s1. The summed E-state index contributed by atoms with van der Waals surface area (Å²) in [5.74, 6) is 1.41. The first-order chi connectivity index (χ1) is 14.3. The summed E-state index contributed by atoms with van der Waals surface area (Å²) in [5.41, 5.74) is 0.396. The average Bonchev–Trinajstić information content (AvgIpc) is 3.05. The van der Waals surface area contributed by atoms with Crippen molar-refractivity contribution in [3.63, 3.8) is 0 Å². The Morgan fingerprint density at radius 3 is 2.57 bits per heavy atom. The number of likely N-dealkylation sites (tertiary alicyclic amines) is 1. The molecule has 1 amide bonds. The molecule has 1 aromatic heterocycles. The van der Waals surface area contributed by atoms with Gasteiger partial charge >= 0.3 is 0 Å². The van der Waals surface area contributed by atoms with Crippen molar-refractivity contribution in [2.24, 2.45) is 11.8 Å². The molecule has 0 aliphatic carbocycles. The number of carbonyl (C=O) groups excluding carboxylic acids is 1. The Hall–Kier alpha value is -1.45. The lowest BCUT2D eigenvalue weighted by Gasteiger charge is -2.31. The van der Waals surface area contributed by atoms with E-state index in [4.69, 9.17) is 4.52 Å². The number of aryl methyl sites for hydroxylation is 2. The van der Waals surface area contributed by atoms with Gasteiger partial charge in [0, 0.05) is 32.6 Å². The average molecular weight is 441 g/mol. The molecule has 2 fully saturated rings. The lowest BCUT2D eigenvalue weighted by Crippen LogP contribution is -2.40. The maximum atomic E-state index is 12.9. The van der Waals surface area contributed by atoms with Gasteiger partial charge in [0.2, 0.25) is 15.9 Å². The smallest absolute Gasteiger partial charge is 0.248 e. The fourth-order valence-corrected chi connectivity index (χ4v) is 6.44. The lowest BCUT2D eigenvalue weighted by molar-refractivity contribution is -0.122. The van der Waals surface area contributed by atoms with Gasteiger partial charge in [-0.2, -0.15) is 4.31 Å². The number of amides is 1. The first-order valence-corrected chi connectivity index (χ1v) is 12.6. The Morgan fingerprint density at radius 1 is 1.20 bits per heavy atom. The van der Waals surface area contributed by atoms with Crippen LogP contribution in [-0.4, -0.2) is 68.0 Å². The second-order valence-electron chi connectivity index (χ2n) is 8.96. The maximum absolute atomic E-state index is 12.9. The van der Waals surface area contributed by atoms with Crippen LogP contribution in [-0.2, 0) is 14.8 Å². The van der Waals surface area contributed by atoms with E-state index < -0.39 is 10.0 Å². The minimum Gasteiger partial charge on any atom is -0.360 e. The van der Waals surface area contributed by atoms with Crippen LogP contribution >= 0.6 is 0 Å². The molecule has 170 valence electrons. The molecule has 2 saturated heterocycles. The SMILES string of the molecule is Cc1noc(C)c1S(=O)(=O)N1CCC(CC(=O)NCCCN2CCC[C@H](C)C2)CC1. The van der Waals surface area contributed by atoms with Crippen molar-refractivity contribution in [3.8, 4) is 0 Å². The molecule has 0 unspecified atom stereocenters. The Bertz CT molecular complexity index is 795. The summed E-state index contributed by atoms with van der Waals surface area (Å²) in [6.45, 7) is 10.5. The van der Waals surface area contributed by atoms with Gasteiger partial charge in [0.1, 0.15) is 10.6 Å². The normalized spacial score (nSPS) is 22.3. The first-order valence-electron chi connectivity index (χ1n) is 11.2. The van der Waals surface area contributed by atoms with Gasteiger partial charge in [0.05, 0.1) is 0 Å². The summed E-state index contributed by atoms with van der Waals surface area (Å²) in [4.78, 5) is 15.0. The molecular weight excluding hydrogens is 404 g/mol. The van der Waals surface area contributed by atoms with Crippen molar-refractivity contribution in [3.05, 3.63) is 11.5 Å². The molecule has 0 spiro atoms. The van der Waals surface area contributed by atoms with E-state index in [-0.39, 0.29) is 16.7 Å². The van der Waals surface area contributed by atoms with Gasteiger partial charge < -0.3 is 14.7 Å². The molecule has 2 aliphatic heterocycles. The van der Waals surface area contributed by atoms with Gasteiger partial charge in [0.25, 0.3) is 0 Å². The number of nitrogens with one attached hydrogen (secondary N) is 1. The van der Waals surface area contributed by atoms with E-state index in [9.17, 15) is 13.2 Å². The van der Waals surface area contributed by atoms with Crippen LogP contribution in [0.5, 0.6) is 0 Å². The molecule has 9 heteroatoms. The van der Waals surface area contributed by atoms with E-state index in [2.05, 4.69) is 22.3 Å². The van der Waals surface area contributed by atoms with Crippen molar-refractivity contribution in [1.82, 2.24) is 19.7 Å². The van der Waals surface area contributed by atoms with E-state index in [0.717, 1.165) is 18.9 Å². The Balaban J connectivity index is 1.36. The predicted octanol–water partition coefficient (Wildman–Crippen LogP) is 2.32. The van der Waals surface area contributed by atoms with Crippen LogP contribution < -0.4 is 5.32 Å². The number of sulfonamides is 1. The number of rotatable bonds is 8. The van der Waals surface area contributed by atoms with E-state index in [1.807, 2.05) is 0 Å². The van der Waals surface area contributed by atoms with Crippen molar-refractivity contribution < 1.29 is 17.7 Å². The summed E-state index contributed by atoms with van der Waals surface area (Å²) in [5, 5.41) is 6.81. The van der Waals surface area contributed by atoms with Gasteiger partial charge in [-0.1, -0.05) is 12.1 Å². The highest BCUT2D eigenvalue weighted by atomic mass is 32.2. The topological polar surface area (TPSA) is 95.8 Å². The lowest BCUT2D eigenvalue weighted by atomic mass is 9.94. The van der Waals surface area contributed by atoms with Crippen LogP contribution in [0.1, 0.15) is 56.9 Å². The van der Waals surface area contributed by atoms with Crippen molar-refractivity contribution in [2.75, 3.05) is 39.3 Å². The third kappa shape index (κ3) is 5.82. The minimum absolute atomic E-state index is 0.0778. The van der Waals surface area contributed by atoms with Gasteiger partial charge in [0.15, 0.2) is 5.76 Å². The molecule has 30 heavy (non-hydrogen) atoms. The molecule has 8 nitrogen and oxygen atoms in total. The summed E-state index contributed by atoms with van der Waals surface area (Å²) in [6.07, 6.45) is 5.44. The van der Waals surface area contributed by atoms with Crippen LogP contribution in [0.25, 0.3) is 0 Å². The molecule has 1 aromatic rings. The van der Waals surface area contributed by atoms with E-state index in [0.29, 0.717) is 50.4 Å². The Labute approximate surface area is 180 Å². The molecule has 0 bridgehead atoms. The summed E-state index contributed by atoms with van der Waals surface area (Å²) in [6, 6.07) is 0. The molecule has 0 saturated carbocycles. The van der Waals surface area contributed by atoms with Crippen molar-refractivity contribution >= 4 is 15.9 Å². The van der Waals surface area contributed by atoms with E-state index >= 15 is 0 Å². The quantitative estimate of drug-likeness (QED) is 0.623. The zero-order valence-electron chi connectivity index (χ0n) is 18.5. The van der Waals surface area contributed by atoms with Crippen molar-refractivity contribution in [2.45, 2.75) is 64.2 Å². The fraction of sp³-hybridized carbons (Fsp3) is 0.810. The predicted molar refractivity (Wildman–Crippen MR) is 115 cm³/mol. The molecule has 3 heterocycles. The molecule has 2 aliphatic rings. The number of aromatic nitrogens is 1. The monoisotopic (exact) mass is 440 g/mol. The first kappa shape index (κ1) is 23.2. The van der Waals surface area contributed by atoms with Crippen LogP contribution in [0, 0.1) is 25.7 Å². The number of nitrogens with zero attached hydrogens (tertiary/aromatic N) is 3. The summed E-state index contributed by atoms with van der Waals surface area (Å²) >= 11 is 0. The second kappa shape index (κ2) is 10.2. The number of piperidine rings is 2. The molecule has 0 aromatic carbocycles. The minimum atomic E-state index is -3.59. The summed E-state index contributed by atoms with van der Waals surface area (Å²) in [7, 11) is -3.59. The number of carbonyl (C=O) groups is 1. The molecule has 1 atom stereocenters. The van der Waals surface area contributed by atoms with E-state index in [1.165, 1.54) is 30.2 Å². The highest BCUT2D eigenvalue weighted by Crippen LogP contribution is 2.28. The number of hydrogen-bond acceptors (Lipinski definition) is 6. The van der Waals surface area contributed by atoms with Crippen molar-refractivity contribution in [1.29, 1.82) is 0 Å². The Kier molecular flexibility index (Phi) is 7.92. The van der Waals surface area contributed by atoms with Gasteiger partial charge in [-0.25, -0.2) is 8.42 Å². The van der Waals surface area contributed by atoms with E-state index in [1.54, 1.807) is 13.8 Å². The van der Waals surface area contributed by atoms with Gasteiger partial charge in [-0.05, 0) is 70.9 Å². The largest absolute Gasteiger partial charge is 0.360 e. The maximum Gasteiger partial charge on any atom is 0.248 e. The Morgan fingerprint density at radius 2 is 1.93 bits per heavy atom. The molecule has 3 rings (SSSR count). The molecular formula is C21H36N4O4S. The second-order valence-corrected chi connectivity index (χ2v) is 10.8. The zero-order valence-corrected chi connectivity index (χ0v) is 19.3. The van der Waals surface area contributed by atoms with Crippen LogP contribution in [0.2, 0.25) is 0 Å². The van der Waals surface area contributed by atoms with Gasteiger partial charge in [-0.3, -0.25) is 4.79 Å². The summed E-state index contributed by atoms with van der Waals surface area (Å²) < 4.78 is 32.3. The highest BCUT2D eigenvalue weighted by molar-refractivity contribution is 7.89. The third-order valence-corrected chi connectivity index (χ3v) is 8.47. The van der Waals surface area contributed by atoms with Gasteiger partial charge in [-0.15, -0.1) is 0 Å².